The number of unbranched alkanes of at least 4 members (excludes halogenated alkanes) is 1. The third-order valence-electron chi connectivity index (χ3n) is 4.44. The molecule has 0 aliphatic carbocycles. The summed E-state index contributed by atoms with van der Waals surface area (Å²) in [5.41, 5.74) is 1.14. The third-order valence-corrected chi connectivity index (χ3v) is 4.44. The fourth-order valence-corrected chi connectivity index (χ4v) is 2.89. The smallest absolute Gasteiger partial charge is 0.219 e. The maximum Gasteiger partial charge on any atom is 0.219 e. The van der Waals surface area contributed by atoms with Gasteiger partial charge in [-0.2, -0.15) is 0 Å². The van der Waals surface area contributed by atoms with Crippen molar-refractivity contribution < 1.29 is 9.53 Å². The predicted molar refractivity (Wildman–Crippen MR) is 121 cm³/mol. The van der Waals surface area contributed by atoms with Crippen molar-refractivity contribution in [3.8, 4) is 5.75 Å². The van der Waals surface area contributed by atoms with Crippen LogP contribution in [-0.2, 0) is 11.3 Å². The molecular weight excluding hydrogens is 455 g/mol. The van der Waals surface area contributed by atoms with Gasteiger partial charge in [0.25, 0.3) is 0 Å². The summed E-state index contributed by atoms with van der Waals surface area (Å²) in [6, 6.07) is 8.16. The van der Waals surface area contributed by atoms with Crippen molar-refractivity contribution >= 4 is 35.8 Å². The second-order valence-electron chi connectivity index (χ2n) is 6.51. The average molecular weight is 488 g/mol. The summed E-state index contributed by atoms with van der Waals surface area (Å²) in [7, 11) is 0. The van der Waals surface area contributed by atoms with Crippen LogP contribution in [0.5, 0.6) is 5.75 Å². The van der Waals surface area contributed by atoms with Crippen molar-refractivity contribution in [1.29, 1.82) is 0 Å². The van der Waals surface area contributed by atoms with Crippen LogP contribution in [-0.4, -0.2) is 61.0 Å². The van der Waals surface area contributed by atoms with E-state index in [9.17, 15) is 4.79 Å². The number of halogens is 1. The molecule has 1 N–H and O–H groups in total. The molecule has 1 aromatic rings. The molecule has 0 aromatic heterocycles. The van der Waals surface area contributed by atoms with E-state index in [1.165, 1.54) is 0 Å². The molecule has 1 aliphatic heterocycles. The number of guanidine groups is 1. The first-order valence-corrected chi connectivity index (χ1v) is 9.64. The third kappa shape index (κ3) is 7.94. The number of hydrogen-bond donors (Lipinski definition) is 1. The molecule has 6 nitrogen and oxygen atoms in total. The number of aliphatic imine (C=N–C) groups is 1. The topological polar surface area (TPSA) is 57.2 Å². The van der Waals surface area contributed by atoms with Gasteiger partial charge in [-0.15, -0.1) is 24.0 Å². The largest absolute Gasteiger partial charge is 0.494 e. The first-order chi connectivity index (χ1) is 12.6. The van der Waals surface area contributed by atoms with Crippen molar-refractivity contribution in [2.24, 2.45) is 4.99 Å². The molecule has 0 saturated carbocycles. The second-order valence-corrected chi connectivity index (χ2v) is 6.51. The standard InChI is InChI=1S/C20H32N4O2.HI/c1-4-6-14-26-19-9-7-8-18(15-19)16-22-20(21-5-2)24-12-10-23(11-13-24)17(3)25;/h7-9,15H,4-6,10-14,16H2,1-3H3,(H,21,22);1H. The maximum atomic E-state index is 11.5. The fraction of sp³-hybridized carbons (Fsp3) is 0.600. The van der Waals surface area contributed by atoms with Crippen LogP contribution >= 0.6 is 24.0 Å². The number of rotatable bonds is 7. The number of nitrogens with zero attached hydrogens (tertiary/aromatic N) is 3. The molecule has 1 heterocycles. The summed E-state index contributed by atoms with van der Waals surface area (Å²) in [6.07, 6.45) is 2.20. The molecule has 0 radical (unpaired) electrons. The quantitative estimate of drug-likeness (QED) is 0.278. The highest BCUT2D eigenvalue weighted by atomic mass is 127. The van der Waals surface area contributed by atoms with Gasteiger partial charge in [-0.1, -0.05) is 25.5 Å². The highest BCUT2D eigenvalue weighted by Crippen LogP contribution is 2.15. The number of ether oxygens (including phenoxy) is 1. The Bertz CT molecular complexity index is 601. The Morgan fingerprint density at radius 1 is 1.19 bits per heavy atom. The van der Waals surface area contributed by atoms with Gasteiger partial charge in [-0.25, -0.2) is 4.99 Å². The van der Waals surface area contributed by atoms with E-state index in [0.717, 1.165) is 69.4 Å². The normalized spacial score (nSPS) is 14.6. The lowest BCUT2D eigenvalue weighted by molar-refractivity contribution is -0.130. The molecule has 27 heavy (non-hydrogen) atoms. The van der Waals surface area contributed by atoms with Crippen LogP contribution < -0.4 is 10.1 Å². The number of carbonyl (C=O) groups excluding carboxylic acids is 1. The predicted octanol–water partition coefficient (Wildman–Crippen LogP) is 3.11. The average Bonchev–Trinajstić information content (AvgIpc) is 2.66. The molecule has 1 fully saturated rings. The van der Waals surface area contributed by atoms with Crippen LogP contribution in [0.15, 0.2) is 29.3 Å². The molecule has 0 spiro atoms. The lowest BCUT2D eigenvalue weighted by atomic mass is 10.2. The number of nitrogens with one attached hydrogen (secondary N) is 1. The van der Waals surface area contributed by atoms with Crippen LogP contribution in [0, 0.1) is 0 Å². The lowest BCUT2D eigenvalue weighted by Gasteiger charge is -2.36. The van der Waals surface area contributed by atoms with Gasteiger partial charge in [0, 0.05) is 39.6 Å². The summed E-state index contributed by atoms with van der Waals surface area (Å²) >= 11 is 0. The Kier molecular flexibility index (Phi) is 11.2. The van der Waals surface area contributed by atoms with Crippen LogP contribution in [0.2, 0.25) is 0 Å². The first-order valence-electron chi connectivity index (χ1n) is 9.64. The minimum absolute atomic E-state index is 0. The van der Waals surface area contributed by atoms with Gasteiger partial charge in [-0.3, -0.25) is 4.79 Å². The van der Waals surface area contributed by atoms with Crippen LogP contribution in [0.1, 0.15) is 39.2 Å². The molecule has 0 atom stereocenters. The van der Waals surface area contributed by atoms with E-state index >= 15 is 0 Å². The molecule has 1 aromatic carbocycles. The SMILES string of the molecule is CCCCOc1cccc(CN=C(NCC)N2CCN(C(C)=O)CC2)c1.I. The van der Waals surface area contributed by atoms with E-state index in [1.807, 2.05) is 17.0 Å². The molecular formula is C20H33IN4O2. The van der Waals surface area contributed by atoms with Crippen molar-refractivity contribution in [2.75, 3.05) is 39.3 Å². The number of benzene rings is 1. The van der Waals surface area contributed by atoms with Crippen molar-refractivity contribution in [2.45, 2.75) is 40.2 Å². The summed E-state index contributed by atoms with van der Waals surface area (Å²) in [5, 5.41) is 3.36. The minimum atomic E-state index is 0. The number of amides is 1. The highest BCUT2D eigenvalue weighted by Gasteiger charge is 2.20. The maximum absolute atomic E-state index is 11.5. The van der Waals surface area contributed by atoms with E-state index < -0.39 is 0 Å². The molecule has 1 aliphatic rings. The zero-order valence-electron chi connectivity index (χ0n) is 16.7. The van der Waals surface area contributed by atoms with Gasteiger partial charge in [0.05, 0.1) is 13.2 Å². The Hall–Kier alpha value is -1.51. The van der Waals surface area contributed by atoms with Gasteiger partial charge in [0.15, 0.2) is 5.96 Å². The lowest BCUT2D eigenvalue weighted by Crippen LogP contribution is -2.53. The molecule has 1 saturated heterocycles. The Balaban J connectivity index is 0.00000364. The number of piperazine rings is 1. The second kappa shape index (κ2) is 12.8. The zero-order chi connectivity index (χ0) is 18.8. The Morgan fingerprint density at radius 2 is 1.89 bits per heavy atom. The van der Waals surface area contributed by atoms with E-state index in [2.05, 4.69) is 36.2 Å². The summed E-state index contributed by atoms with van der Waals surface area (Å²) in [4.78, 5) is 20.4. The summed E-state index contributed by atoms with van der Waals surface area (Å²) in [5.74, 6) is 1.96. The van der Waals surface area contributed by atoms with E-state index in [-0.39, 0.29) is 29.9 Å². The van der Waals surface area contributed by atoms with Crippen LogP contribution in [0.4, 0.5) is 0 Å². The van der Waals surface area contributed by atoms with Gasteiger partial charge in [-0.05, 0) is 31.0 Å². The molecule has 7 heteroatoms. The van der Waals surface area contributed by atoms with Crippen LogP contribution in [0.25, 0.3) is 0 Å². The molecule has 0 bridgehead atoms. The fourth-order valence-electron chi connectivity index (χ4n) is 2.89. The Labute approximate surface area is 180 Å². The molecule has 0 unspecified atom stereocenters. The molecule has 2 rings (SSSR count). The van der Waals surface area contributed by atoms with Gasteiger partial charge >= 0.3 is 0 Å². The highest BCUT2D eigenvalue weighted by molar-refractivity contribution is 14.0. The monoisotopic (exact) mass is 488 g/mol. The molecule has 152 valence electrons. The van der Waals surface area contributed by atoms with Gasteiger partial charge in [0.2, 0.25) is 5.91 Å². The first kappa shape index (κ1) is 23.5. The Morgan fingerprint density at radius 3 is 2.52 bits per heavy atom. The number of carbonyl (C=O) groups is 1. The van der Waals surface area contributed by atoms with Crippen LogP contribution in [0.3, 0.4) is 0 Å². The van der Waals surface area contributed by atoms with Gasteiger partial charge in [0.1, 0.15) is 5.75 Å². The van der Waals surface area contributed by atoms with Gasteiger partial charge < -0.3 is 19.9 Å². The van der Waals surface area contributed by atoms with Crippen molar-refractivity contribution in [3.05, 3.63) is 29.8 Å². The van der Waals surface area contributed by atoms with Crippen molar-refractivity contribution in [1.82, 2.24) is 15.1 Å². The van der Waals surface area contributed by atoms with E-state index in [0.29, 0.717) is 6.54 Å². The van der Waals surface area contributed by atoms with E-state index in [4.69, 9.17) is 9.73 Å². The van der Waals surface area contributed by atoms with E-state index in [1.54, 1.807) is 6.92 Å². The van der Waals surface area contributed by atoms with Crippen molar-refractivity contribution in [3.63, 3.8) is 0 Å². The molecule has 1 amide bonds. The number of hydrogen-bond acceptors (Lipinski definition) is 3. The summed E-state index contributed by atoms with van der Waals surface area (Å²) in [6.45, 7) is 11.2. The minimum Gasteiger partial charge on any atom is -0.494 e. The zero-order valence-corrected chi connectivity index (χ0v) is 19.1. The summed E-state index contributed by atoms with van der Waals surface area (Å²) < 4.78 is 5.78.